The van der Waals surface area contributed by atoms with E-state index in [2.05, 4.69) is 0 Å². The molecule has 0 bridgehead atoms. The fourth-order valence-corrected chi connectivity index (χ4v) is 2.72. The van der Waals surface area contributed by atoms with Gasteiger partial charge in [0.2, 0.25) is 5.91 Å². The number of aliphatic hydroxyl groups is 1. The molecule has 0 aliphatic carbocycles. The van der Waals surface area contributed by atoms with Crippen molar-refractivity contribution < 1.29 is 14.3 Å². The molecule has 2 aromatic carbocycles. The van der Waals surface area contributed by atoms with E-state index in [1.165, 1.54) is 0 Å². The van der Waals surface area contributed by atoms with E-state index in [-0.39, 0.29) is 11.5 Å². The predicted octanol–water partition coefficient (Wildman–Crippen LogP) is 2.73. The number of hydrogen-bond acceptors (Lipinski definition) is 2. The van der Waals surface area contributed by atoms with Crippen LogP contribution in [0.2, 0.25) is 0 Å². The van der Waals surface area contributed by atoms with Gasteiger partial charge in [-0.2, -0.15) is 0 Å². The summed E-state index contributed by atoms with van der Waals surface area (Å²) >= 11 is 0. The lowest BCUT2D eigenvalue weighted by Crippen LogP contribution is -2.20. The largest absolute Gasteiger partial charge is 0.384 e. The van der Waals surface area contributed by atoms with Gasteiger partial charge in [-0.15, -0.1) is 0 Å². The monoisotopic (exact) mass is 285 g/mol. The zero-order chi connectivity index (χ0) is 15.1. The smallest absolute Gasteiger partial charge is 0.231 e. The standard InChI is InChI=1S/C17H16FNO2/c1-10-4-3-5-13(16(10)18)17(21)11-6-7-14-12(8-11)9-15(20)19(14)2/h3-8,17,21H,9H2,1-2H3. The van der Waals surface area contributed by atoms with Gasteiger partial charge in [0.25, 0.3) is 0 Å². The average Bonchev–Trinajstić information content (AvgIpc) is 2.76. The summed E-state index contributed by atoms with van der Waals surface area (Å²) in [6.07, 6.45) is -0.709. The molecular weight excluding hydrogens is 269 g/mol. The van der Waals surface area contributed by atoms with Crippen molar-refractivity contribution in [1.82, 2.24) is 0 Å². The molecule has 4 heteroatoms. The fraction of sp³-hybridized carbons (Fsp3) is 0.235. The van der Waals surface area contributed by atoms with E-state index >= 15 is 0 Å². The Kier molecular flexibility index (Phi) is 3.26. The van der Waals surface area contributed by atoms with Crippen molar-refractivity contribution in [3.8, 4) is 0 Å². The SMILES string of the molecule is Cc1cccc(C(O)c2ccc3c(c2)CC(=O)N3C)c1F. The van der Waals surface area contributed by atoms with Gasteiger partial charge in [-0.3, -0.25) is 4.79 Å². The summed E-state index contributed by atoms with van der Waals surface area (Å²) in [5.41, 5.74) is 3.07. The van der Waals surface area contributed by atoms with E-state index in [1.54, 1.807) is 55.3 Å². The average molecular weight is 285 g/mol. The first-order valence-corrected chi connectivity index (χ1v) is 6.81. The van der Waals surface area contributed by atoms with Crippen LogP contribution < -0.4 is 4.90 Å². The number of amides is 1. The van der Waals surface area contributed by atoms with Crippen molar-refractivity contribution in [3.63, 3.8) is 0 Å². The Bertz CT molecular complexity index is 727. The maximum absolute atomic E-state index is 14.1. The summed E-state index contributed by atoms with van der Waals surface area (Å²) < 4.78 is 14.1. The second kappa shape index (κ2) is 4.97. The summed E-state index contributed by atoms with van der Waals surface area (Å²) in [5, 5.41) is 10.4. The molecule has 0 saturated carbocycles. The molecule has 1 atom stereocenters. The summed E-state index contributed by atoms with van der Waals surface area (Å²) in [6, 6.07) is 10.3. The molecule has 108 valence electrons. The van der Waals surface area contributed by atoms with Gasteiger partial charge >= 0.3 is 0 Å². The van der Waals surface area contributed by atoms with Crippen LogP contribution in [0.25, 0.3) is 0 Å². The highest BCUT2D eigenvalue weighted by atomic mass is 19.1. The van der Waals surface area contributed by atoms with Crippen molar-refractivity contribution >= 4 is 11.6 Å². The van der Waals surface area contributed by atoms with Crippen LogP contribution in [0.5, 0.6) is 0 Å². The van der Waals surface area contributed by atoms with E-state index in [4.69, 9.17) is 0 Å². The van der Waals surface area contributed by atoms with Crippen LogP contribution in [0.15, 0.2) is 36.4 Å². The van der Waals surface area contributed by atoms with Crippen molar-refractivity contribution in [3.05, 3.63) is 64.5 Å². The third kappa shape index (κ3) is 2.21. The molecule has 2 aromatic rings. The minimum atomic E-state index is -1.03. The molecule has 3 nitrogen and oxygen atoms in total. The van der Waals surface area contributed by atoms with E-state index in [1.807, 2.05) is 0 Å². The Morgan fingerprint density at radius 3 is 2.81 bits per heavy atom. The Hall–Kier alpha value is -2.20. The zero-order valence-electron chi connectivity index (χ0n) is 11.9. The minimum absolute atomic E-state index is 0.0263. The first kappa shape index (κ1) is 13.8. The normalized spacial score (nSPS) is 15.2. The lowest BCUT2D eigenvalue weighted by Gasteiger charge is -2.15. The van der Waals surface area contributed by atoms with Crippen LogP contribution in [-0.4, -0.2) is 18.1 Å². The molecule has 3 rings (SSSR count). The Labute approximate surface area is 122 Å². The van der Waals surface area contributed by atoms with E-state index < -0.39 is 11.9 Å². The molecule has 1 aliphatic heterocycles. The molecular formula is C17H16FNO2. The predicted molar refractivity (Wildman–Crippen MR) is 78.8 cm³/mol. The third-order valence-corrected chi connectivity index (χ3v) is 4.01. The molecule has 1 aliphatic rings. The van der Waals surface area contributed by atoms with E-state index in [9.17, 15) is 14.3 Å². The number of nitrogens with zero attached hydrogens (tertiary/aromatic N) is 1. The summed E-state index contributed by atoms with van der Waals surface area (Å²) in [5.74, 6) is -0.364. The van der Waals surface area contributed by atoms with Crippen LogP contribution in [0.3, 0.4) is 0 Å². The van der Waals surface area contributed by atoms with Crippen LogP contribution in [-0.2, 0) is 11.2 Å². The number of halogens is 1. The molecule has 0 spiro atoms. The third-order valence-electron chi connectivity index (χ3n) is 4.01. The van der Waals surface area contributed by atoms with Crippen LogP contribution >= 0.6 is 0 Å². The van der Waals surface area contributed by atoms with Gasteiger partial charge in [0.05, 0.1) is 6.42 Å². The van der Waals surface area contributed by atoms with Crippen LogP contribution in [0.1, 0.15) is 28.4 Å². The molecule has 0 radical (unpaired) electrons. The lowest BCUT2D eigenvalue weighted by atomic mass is 9.97. The van der Waals surface area contributed by atoms with E-state index in [0.717, 1.165) is 11.3 Å². The number of anilines is 1. The highest BCUT2D eigenvalue weighted by molar-refractivity contribution is 6.00. The Morgan fingerprint density at radius 1 is 1.29 bits per heavy atom. The molecule has 1 heterocycles. The molecule has 0 aromatic heterocycles. The molecule has 1 unspecified atom stereocenters. The number of rotatable bonds is 2. The number of aryl methyl sites for hydroxylation is 1. The van der Waals surface area contributed by atoms with Gasteiger partial charge in [0.1, 0.15) is 11.9 Å². The molecule has 0 fully saturated rings. The van der Waals surface area contributed by atoms with Crippen molar-refractivity contribution in [2.45, 2.75) is 19.4 Å². The fourth-order valence-electron chi connectivity index (χ4n) is 2.72. The number of likely N-dealkylation sites (N-methyl/N-ethyl adjacent to an activating group) is 1. The summed E-state index contributed by atoms with van der Waals surface area (Å²) in [6.45, 7) is 1.67. The van der Waals surface area contributed by atoms with Gasteiger partial charge in [0.15, 0.2) is 0 Å². The van der Waals surface area contributed by atoms with Crippen LogP contribution in [0, 0.1) is 12.7 Å². The summed E-state index contributed by atoms with van der Waals surface area (Å²) in [7, 11) is 1.73. The van der Waals surface area contributed by atoms with Gasteiger partial charge < -0.3 is 10.0 Å². The topological polar surface area (TPSA) is 40.5 Å². The Morgan fingerprint density at radius 2 is 2.05 bits per heavy atom. The molecule has 0 saturated heterocycles. The van der Waals surface area contributed by atoms with E-state index in [0.29, 0.717) is 17.5 Å². The first-order chi connectivity index (χ1) is 9.99. The highest BCUT2D eigenvalue weighted by Gasteiger charge is 2.25. The van der Waals surface area contributed by atoms with Crippen molar-refractivity contribution in [2.75, 3.05) is 11.9 Å². The highest BCUT2D eigenvalue weighted by Crippen LogP contribution is 2.32. The maximum Gasteiger partial charge on any atom is 0.231 e. The molecule has 21 heavy (non-hydrogen) atoms. The second-order valence-electron chi connectivity index (χ2n) is 5.40. The van der Waals surface area contributed by atoms with Gasteiger partial charge in [-0.1, -0.05) is 30.3 Å². The number of carbonyl (C=O) groups excluding carboxylic acids is 1. The van der Waals surface area contributed by atoms with Gasteiger partial charge in [-0.25, -0.2) is 4.39 Å². The number of fused-ring (bicyclic) bond motifs is 1. The molecule has 1 amide bonds. The minimum Gasteiger partial charge on any atom is -0.384 e. The number of aliphatic hydroxyl groups excluding tert-OH is 1. The van der Waals surface area contributed by atoms with Gasteiger partial charge in [-0.05, 0) is 29.7 Å². The molecule has 1 N–H and O–H groups in total. The quantitative estimate of drug-likeness (QED) is 0.921. The number of benzene rings is 2. The Balaban J connectivity index is 2.00. The number of carbonyl (C=O) groups is 1. The lowest BCUT2D eigenvalue weighted by molar-refractivity contribution is -0.117. The van der Waals surface area contributed by atoms with Crippen molar-refractivity contribution in [1.29, 1.82) is 0 Å². The maximum atomic E-state index is 14.1. The van der Waals surface area contributed by atoms with Crippen molar-refractivity contribution in [2.24, 2.45) is 0 Å². The zero-order valence-corrected chi connectivity index (χ0v) is 11.9. The second-order valence-corrected chi connectivity index (χ2v) is 5.40. The number of hydrogen-bond donors (Lipinski definition) is 1. The van der Waals surface area contributed by atoms with Crippen LogP contribution in [0.4, 0.5) is 10.1 Å². The van der Waals surface area contributed by atoms with Gasteiger partial charge in [0, 0.05) is 18.3 Å². The summed E-state index contributed by atoms with van der Waals surface area (Å²) in [4.78, 5) is 13.3. The first-order valence-electron chi connectivity index (χ1n) is 6.81.